The lowest BCUT2D eigenvalue weighted by Crippen LogP contribution is -1.99. The molecule has 0 spiro atoms. The Morgan fingerprint density at radius 1 is 0.750 bits per heavy atom. The van der Waals surface area contributed by atoms with Crippen molar-refractivity contribution in [1.82, 2.24) is 0 Å². The standard InChI is InChI=1S/C22H38O2/c1-3-5-7-8-9-10-11-12-13-14-19-24-21-18-15-17-20(22(21)23)16-6-4-2/h15,17-18,23H,3-14,16,19H2,1-2H3. The van der Waals surface area contributed by atoms with E-state index in [0.29, 0.717) is 18.1 Å². The van der Waals surface area contributed by atoms with Crippen LogP contribution in [0, 0.1) is 0 Å². The second-order valence-corrected chi connectivity index (χ2v) is 6.90. The fourth-order valence-electron chi connectivity index (χ4n) is 3.02. The molecule has 0 aromatic heterocycles. The largest absolute Gasteiger partial charge is 0.504 e. The summed E-state index contributed by atoms with van der Waals surface area (Å²) < 4.78 is 5.78. The normalized spacial score (nSPS) is 10.9. The molecule has 2 nitrogen and oxygen atoms in total. The minimum Gasteiger partial charge on any atom is -0.504 e. The molecule has 1 aromatic rings. The molecule has 0 amide bonds. The summed E-state index contributed by atoms with van der Waals surface area (Å²) >= 11 is 0. The van der Waals surface area contributed by atoms with Gasteiger partial charge in [0.1, 0.15) is 0 Å². The number of phenolic OH excluding ortho intramolecular Hbond substituents is 1. The highest BCUT2D eigenvalue weighted by Gasteiger charge is 2.07. The number of ether oxygens (including phenoxy) is 1. The highest BCUT2D eigenvalue weighted by Crippen LogP contribution is 2.31. The van der Waals surface area contributed by atoms with E-state index in [-0.39, 0.29) is 0 Å². The lowest BCUT2D eigenvalue weighted by atomic mass is 10.1. The molecule has 0 radical (unpaired) electrons. The second-order valence-electron chi connectivity index (χ2n) is 6.90. The van der Waals surface area contributed by atoms with Gasteiger partial charge in [0.15, 0.2) is 11.5 Å². The summed E-state index contributed by atoms with van der Waals surface area (Å²) in [6, 6.07) is 5.86. The molecule has 1 rings (SSSR count). The summed E-state index contributed by atoms with van der Waals surface area (Å²) in [5, 5.41) is 10.3. The first-order valence-electron chi connectivity index (χ1n) is 10.2. The van der Waals surface area contributed by atoms with Crippen LogP contribution in [-0.2, 0) is 6.42 Å². The Hall–Kier alpha value is -1.18. The summed E-state index contributed by atoms with van der Waals surface area (Å²) in [4.78, 5) is 0. The molecule has 0 unspecified atom stereocenters. The molecule has 0 aliphatic heterocycles. The highest BCUT2D eigenvalue weighted by atomic mass is 16.5. The lowest BCUT2D eigenvalue weighted by molar-refractivity contribution is 0.287. The van der Waals surface area contributed by atoms with Gasteiger partial charge in [-0.05, 0) is 30.9 Å². The Labute approximate surface area is 149 Å². The van der Waals surface area contributed by atoms with Gasteiger partial charge in [-0.1, -0.05) is 90.2 Å². The van der Waals surface area contributed by atoms with E-state index in [1.54, 1.807) is 0 Å². The van der Waals surface area contributed by atoms with Gasteiger partial charge in [-0.3, -0.25) is 0 Å². The van der Waals surface area contributed by atoms with Crippen molar-refractivity contribution in [2.45, 2.75) is 97.3 Å². The molecule has 0 heterocycles. The predicted octanol–water partition coefficient (Wildman–Crippen LogP) is 7.03. The Morgan fingerprint density at radius 3 is 1.96 bits per heavy atom. The Morgan fingerprint density at radius 2 is 1.33 bits per heavy atom. The number of para-hydroxylation sites is 1. The van der Waals surface area contributed by atoms with E-state index in [1.165, 1.54) is 57.8 Å². The quantitative estimate of drug-likeness (QED) is 0.349. The van der Waals surface area contributed by atoms with Crippen LogP contribution < -0.4 is 4.74 Å². The van der Waals surface area contributed by atoms with Crippen molar-refractivity contribution in [1.29, 1.82) is 0 Å². The minimum atomic E-state index is 0.345. The molecular formula is C22H38O2. The first kappa shape index (κ1) is 20.9. The van der Waals surface area contributed by atoms with Crippen molar-refractivity contribution in [2.75, 3.05) is 6.61 Å². The number of phenols is 1. The summed E-state index contributed by atoms with van der Waals surface area (Å²) in [5.41, 5.74) is 1.01. The van der Waals surface area contributed by atoms with Gasteiger partial charge < -0.3 is 9.84 Å². The third-order valence-electron chi connectivity index (χ3n) is 4.64. The van der Waals surface area contributed by atoms with Gasteiger partial charge in [-0.15, -0.1) is 0 Å². The minimum absolute atomic E-state index is 0.345. The number of unbranched alkanes of at least 4 members (excludes halogenated alkanes) is 10. The first-order valence-corrected chi connectivity index (χ1v) is 10.2. The van der Waals surface area contributed by atoms with Gasteiger partial charge in [0.05, 0.1) is 6.61 Å². The SMILES string of the molecule is CCCCCCCCCCCCOc1cccc(CCCC)c1O. The molecule has 0 atom stereocenters. The van der Waals surface area contributed by atoms with Crippen LogP contribution in [0.2, 0.25) is 0 Å². The summed E-state index contributed by atoms with van der Waals surface area (Å²) in [6.07, 6.45) is 16.5. The molecule has 24 heavy (non-hydrogen) atoms. The third kappa shape index (κ3) is 9.20. The topological polar surface area (TPSA) is 29.5 Å². The average Bonchev–Trinajstić information content (AvgIpc) is 2.60. The molecular weight excluding hydrogens is 296 g/mol. The van der Waals surface area contributed by atoms with Crippen molar-refractivity contribution in [2.24, 2.45) is 0 Å². The molecule has 0 saturated carbocycles. The Balaban J connectivity index is 2.07. The molecule has 2 heteroatoms. The smallest absolute Gasteiger partial charge is 0.161 e. The number of benzene rings is 1. The van der Waals surface area contributed by atoms with Gasteiger partial charge in [-0.25, -0.2) is 0 Å². The number of hydrogen-bond acceptors (Lipinski definition) is 2. The van der Waals surface area contributed by atoms with E-state index in [9.17, 15) is 5.11 Å². The maximum absolute atomic E-state index is 10.3. The van der Waals surface area contributed by atoms with Crippen LogP contribution in [0.25, 0.3) is 0 Å². The molecule has 0 fully saturated rings. The summed E-state index contributed by atoms with van der Waals surface area (Å²) in [5.74, 6) is 0.998. The van der Waals surface area contributed by atoms with Crippen LogP contribution >= 0.6 is 0 Å². The molecule has 0 bridgehead atoms. The maximum atomic E-state index is 10.3. The lowest BCUT2D eigenvalue weighted by Gasteiger charge is -2.11. The van der Waals surface area contributed by atoms with E-state index in [4.69, 9.17) is 4.74 Å². The fourth-order valence-corrected chi connectivity index (χ4v) is 3.02. The van der Waals surface area contributed by atoms with Gasteiger partial charge in [0.25, 0.3) is 0 Å². The molecule has 0 aliphatic carbocycles. The molecule has 0 saturated heterocycles. The van der Waals surface area contributed by atoms with E-state index in [2.05, 4.69) is 13.8 Å². The van der Waals surface area contributed by atoms with Gasteiger partial charge in [0.2, 0.25) is 0 Å². The van der Waals surface area contributed by atoms with E-state index >= 15 is 0 Å². The van der Waals surface area contributed by atoms with Crippen LogP contribution in [0.1, 0.15) is 96.5 Å². The monoisotopic (exact) mass is 334 g/mol. The van der Waals surface area contributed by atoms with Crippen LogP contribution in [0.4, 0.5) is 0 Å². The molecule has 138 valence electrons. The van der Waals surface area contributed by atoms with Crippen molar-refractivity contribution in [3.05, 3.63) is 23.8 Å². The van der Waals surface area contributed by atoms with Gasteiger partial charge >= 0.3 is 0 Å². The van der Waals surface area contributed by atoms with Crippen molar-refractivity contribution in [3.63, 3.8) is 0 Å². The Kier molecular flexibility index (Phi) is 12.3. The second kappa shape index (κ2) is 14.2. The number of hydrogen-bond donors (Lipinski definition) is 1. The van der Waals surface area contributed by atoms with E-state index in [1.807, 2.05) is 18.2 Å². The molecule has 0 aliphatic rings. The number of aromatic hydroxyl groups is 1. The van der Waals surface area contributed by atoms with Crippen molar-refractivity contribution < 1.29 is 9.84 Å². The fraction of sp³-hybridized carbons (Fsp3) is 0.727. The molecule has 1 aromatic carbocycles. The zero-order chi connectivity index (χ0) is 17.5. The number of aryl methyl sites for hydroxylation is 1. The maximum Gasteiger partial charge on any atom is 0.161 e. The molecule has 1 N–H and O–H groups in total. The van der Waals surface area contributed by atoms with Crippen LogP contribution in [0.3, 0.4) is 0 Å². The average molecular weight is 335 g/mol. The van der Waals surface area contributed by atoms with Crippen molar-refractivity contribution in [3.8, 4) is 11.5 Å². The van der Waals surface area contributed by atoms with E-state index < -0.39 is 0 Å². The number of rotatable bonds is 15. The highest BCUT2D eigenvalue weighted by molar-refractivity contribution is 5.45. The predicted molar refractivity (Wildman–Crippen MR) is 104 cm³/mol. The van der Waals surface area contributed by atoms with E-state index in [0.717, 1.165) is 31.2 Å². The van der Waals surface area contributed by atoms with Gasteiger partial charge in [0, 0.05) is 0 Å². The summed E-state index contributed by atoms with van der Waals surface area (Å²) in [7, 11) is 0. The third-order valence-corrected chi connectivity index (χ3v) is 4.64. The first-order chi connectivity index (χ1) is 11.8. The van der Waals surface area contributed by atoms with Crippen LogP contribution in [0.5, 0.6) is 11.5 Å². The van der Waals surface area contributed by atoms with Gasteiger partial charge in [-0.2, -0.15) is 0 Å². The van der Waals surface area contributed by atoms with Crippen LogP contribution in [-0.4, -0.2) is 11.7 Å². The zero-order valence-electron chi connectivity index (χ0n) is 16.0. The van der Waals surface area contributed by atoms with Crippen molar-refractivity contribution >= 4 is 0 Å². The Bertz CT molecular complexity index is 414. The summed E-state index contributed by atoms with van der Waals surface area (Å²) in [6.45, 7) is 5.15. The van der Waals surface area contributed by atoms with Crippen LogP contribution in [0.15, 0.2) is 18.2 Å². The zero-order valence-corrected chi connectivity index (χ0v) is 16.0.